The fourth-order valence-corrected chi connectivity index (χ4v) is 5.68. The largest absolute Gasteiger partial charge is 0.444 e. The van der Waals surface area contributed by atoms with Gasteiger partial charge in [0.05, 0.1) is 37.7 Å². The van der Waals surface area contributed by atoms with Crippen LogP contribution in [0.5, 0.6) is 0 Å². The van der Waals surface area contributed by atoms with Gasteiger partial charge in [-0.2, -0.15) is 8.42 Å². The molecule has 0 aliphatic carbocycles. The molecule has 0 bridgehead atoms. The molecule has 230 valence electrons. The Morgan fingerprint density at radius 2 is 1.83 bits per heavy atom. The van der Waals surface area contributed by atoms with Crippen molar-refractivity contribution in [1.82, 2.24) is 10.2 Å². The van der Waals surface area contributed by atoms with E-state index in [9.17, 15) is 22.4 Å². The summed E-state index contributed by atoms with van der Waals surface area (Å²) in [7, 11) is -3.67. The van der Waals surface area contributed by atoms with Crippen LogP contribution in [0.2, 0.25) is 0 Å². The van der Waals surface area contributed by atoms with E-state index in [0.717, 1.165) is 22.9 Å². The summed E-state index contributed by atoms with van der Waals surface area (Å²) in [6.45, 7) is 7.05. The molecule has 2 heterocycles. The zero-order valence-electron chi connectivity index (χ0n) is 24.5. The summed E-state index contributed by atoms with van der Waals surface area (Å²) in [5, 5.41) is 2.82. The van der Waals surface area contributed by atoms with Crippen molar-refractivity contribution in [3.63, 3.8) is 0 Å². The Morgan fingerprint density at radius 3 is 2.50 bits per heavy atom. The molecule has 1 fully saturated rings. The van der Waals surface area contributed by atoms with Gasteiger partial charge in [-0.15, -0.1) is 0 Å². The Morgan fingerprint density at radius 1 is 1.14 bits per heavy atom. The maximum Gasteiger partial charge on any atom is 0.407 e. The van der Waals surface area contributed by atoms with E-state index >= 15 is 0 Å². The minimum Gasteiger partial charge on any atom is -0.444 e. The fraction of sp³-hybridized carbons (Fsp3) is 0.533. The Hall–Kier alpha value is -3.06. The number of nitrogens with one attached hydrogen (secondary N) is 1. The van der Waals surface area contributed by atoms with Gasteiger partial charge in [0.1, 0.15) is 23.6 Å². The monoisotopic (exact) mass is 606 g/mol. The fourth-order valence-electron chi connectivity index (χ4n) is 5.25. The van der Waals surface area contributed by atoms with Crippen LogP contribution in [0, 0.1) is 5.82 Å². The van der Waals surface area contributed by atoms with Crippen molar-refractivity contribution in [2.75, 3.05) is 26.0 Å². The molecular weight excluding hydrogens is 567 g/mol. The van der Waals surface area contributed by atoms with Crippen molar-refractivity contribution < 1.29 is 40.8 Å². The van der Waals surface area contributed by atoms with E-state index in [0.29, 0.717) is 13.0 Å². The molecule has 10 nitrogen and oxygen atoms in total. The van der Waals surface area contributed by atoms with Crippen LogP contribution in [0.25, 0.3) is 0 Å². The molecule has 5 atom stereocenters. The molecule has 4 rings (SSSR count). The topological polar surface area (TPSA) is 120 Å². The average molecular weight is 607 g/mol. The summed E-state index contributed by atoms with van der Waals surface area (Å²) in [6, 6.07) is 12.9. The number of carbonyl (C=O) groups excluding carboxylic acids is 2. The molecule has 2 aliphatic heterocycles. The summed E-state index contributed by atoms with van der Waals surface area (Å²) in [4.78, 5) is 28.6. The lowest BCUT2D eigenvalue weighted by Crippen LogP contribution is -2.57. The van der Waals surface area contributed by atoms with Crippen LogP contribution in [0.1, 0.15) is 56.8 Å². The molecule has 1 saturated heterocycles. The lowest BCUT2D eigenvalue weighted by Gasteiger charge is -2.42. The summed E-state index contributed by atoms with van der Waals surface area (Å²) in [6.07, 6.45) is -1.23. The molecule has 1 unspecified atom stereocenters. The highest BCUT2D eigenvalue weighted by molar-refractivity contribution is 7.85. The van der Waals surface area contributed by atoms with Gasteiger partial charge >= 0.3 is 6.09 Å². The number of carbonyl (C=O) groups is 2. The lowest BCUT2D eigenvalue weighted by molar-refractivity contribution is -0.163. The number of rotatable bonds is 8. The van der Waals surface area contributed by atoms with Crippen LogP contribution in [0.15, 0.2) is 48.5 Å². The first-order valence-corrected chi connectivity index (χ1v) is 15.8. The van der Waals surface area contributed by atoms with Gasteiger partial charge < -0.3 is 24.4 Å². The molecule has 2 amide bonds. The van der Waals surface area contributed by atoms with Gasteiger partial charge in [-0.05, 0) is 62.9 Å². The highest BCUT2D eigenvalue weighted by Gasteiger charge is 2.42. The molecule has 42 heavy (non-hydrogen) atoms. The maximum absolute atomic E-state index is 14.1. The average Bonchev–Trinajstić information content (AvgIpc) is 2.91. The minimum absolute atomic E-state index is 0.0360. The smallest absolute Gasteiger partial charge is 0.407 e. The summed E-state index contributed by atoms with van der Waals surface area (Å²) < 4.78 is 59.0. The number of halogens is 1. The first kappa shape index (κ1) is 31.9. The minimum atomic E-state index is -3.67. The number of ether oxygens (including phenoxy) is 3. The predicted molar refractivity (Wildman–Crippen MR) is 153 cm³/mol. The summed E-state index contributed by atoms with van der Waals surface area (Å²) >= 11 is 0. The van der Waals surface area contributed by atoms with Gasteiger partial charge in [-0.3, -0.25) is 8.98 Å². The third-order valence-corrected chi connectivity index (χ3v) is 7.60. The van der Waals surface area contributed by atoms with E-state index in [1.54, 1.807) is 44.7 Å². The van der Waals surface area contributed by atoms with Crippen molar-refractivity contribution >= 4 is 22.1 Å². The predicted octanol–water partition coefficient (Wildman–Crippen LogP) is 3.73. The van der Waals surface area contributed by atoms with E-state index < -0.39 is 52.2 Å². The Bertz CT molecular complexity index is 1360. The van der Waals surface area contributed by atoms with Crippen LogP contribution in [0.3, 0.4) is 0 Å². The van der Waals surface area contributed by atoms with Gasteiger partial charge in [-0.25, -0.2) is 9.18 Å². The quantitative estimate of drug-likeness (QED) is 0.452. The number of nitrogens with zero attached hydrogens (tertiary/aromatic N) is 1. The second-order valence-electron chi connectivity index (χ2n) is 11.7. The second kappa shape index (κ2) is 13.1. The molecule has 0 saturated carbocycles. The van der Waals surface area contributed by atoms with E-state index in [1.807, 2.05) is 24.3 Å². The highest BCUT2D eigenvalue weighted by atomic mass is 32.2. The number of hydrogen-bond donors (Lipinski definition) is 1. The van der Waals surface area contributed by atoms with Gasteiger partial charge in [-0.1, -0.05) is 36.4 Å². The maximum atomic E-state index is 14.1. The van der Waals surface area contributed by atoms with Crippen molar-refractivity contribution in [2.45, 2.75) is 76.5 Å². The van der Waals surface area contributed by atoms with E-state index in [4.69, 9.17) is 18.4 Å². The normalized spacial score (nSPS) is 23.5. The molecule has 0 aromatic heterocycles. The Kier molecular flexibility index (Phi) is 9.92. The molecule has 1 N–H and O–H groups in total. The molecule has 0 spiro atoms. The SMILES string of the molecule is CC(COS(C)(=O)=O)O[C@H]1CO[C@@H](C(=O)N2CCc3ccccc3[C@@H]2c2ccc(F)cc2)C[C@@H]1NC(=O)OC(C)(C)C. The van der Waals surface area contributed by atoms with Crippen LogP contribution in [0.4, 0.5) is 9.18 Å². The number of alkyl carbamates (subject to hydrolysis) is 1. The second-order valence-corrected chi connectivity index (χ2v) is 13.4. The number of amides is 2. The third kappa shape index (κ3) is 8.50. The Balaban J connectivity index is 1.55. The highest BCUT2D eigenvalue weighted by Crippen LogP contribution is 2.36. The number of fused-ring (bicyclic) bond motifs is 1. The van der Waals surface area contributed by atoms with Gasteiger partial charge in [0.2, 0.25) is 0 Å². The third-order valence-electron chi connectivity index (χ3n) is 7.03. The number of benzene rings is 2. The Labute approximate surface area is 246 Å². The van der Waals surface area contributed by atoms with Crippen molar-refractivity contribution in [1.29, 1.82) is 0 Å². The lowest BCUT2D eigenvalue weighted by atomic mass is 9.87. The van der Waals surface area contributed by atoms with Crippen LogP contribution < -0.4 is 5.32 Å². The van der Waals surface area contributed by atoms with Gasteiger partial charge in [0, 0.05) is 13.0 Å². The first-order chi connectivity index (χ1) is 19.7. The van der Waals surface area contributed by atoms with E-state index in [2.05, 4.69) is 5.32 Å². The standard InChI is InChI=1S/C30H39FN2O8S/c1-19(17-39-42(5,36)37)40-26-18-38-25(16-24(26)32-29(35)41-30(2,3)4)28(34)33-15-14-20-8-6-7-9-23(20)27(33)21-10-12-22(31)13-11-21/h6-13,19,24-27H,14-18H2,1-5H3,(H,32,35)/t19?,24-,25+,26-,27-/m0/s1. The number of hydrogen-bond acceptors (Lipinski definition) is 8. The van der Waals surface area contributed by atoms with Crippen LogP contribution in [-0.2, 0) is 39.7 Å². The molecule has 2 aromatic carbocycles. The van der Waals surface area contributed by atoms with Crippen molar-refractivity contribution in [3.8, 4) is 0 Å². The molecule has 0 radical (unpaired) electrons. The molecular formula is C30H39FN2O8S. The molecule has 2 aromatic rings. The van der Waals surface area contributed by atoms with Crippen molar-refractivity contribution in [2.24, 2.45) is 0 Å². The van der Waals surface area contributed by atoms with E-state index in [-0.39, 0.29) is 31.4 Å². The summed E-state index contributed by atoms with van der Waals surface area (Å²) in [5.74, 6) is -0.628. The first-order valence-electron chi connectivity index (χ1n) is 13.9. The molecule has 12 heteroatoms. The zero-order chi connectivity index (χ0) is 30.7. The van der Waals surface area contributed by atoms with Crippen molar-refractivity contribution in [3.05, 3.63) is 71.0 Å². The zero-order valence-corrected chi connectivity index (χ0v) is 25.4. The summed E-state index contributed by atoms with van der Waals surface area (Å²) in [5.41, 5.74) is 2.10. The van der Waals surface area contributed by atoms with Crippen LogP contribution >= 0.6 is 0 Å². The molecule has 2 aliphatic rings. The van der Waals surface area contributed by atoms with Gasteiger partial charge in [0.15, 0.2) is 0 Å². The van der Waals surface area contributed by atoms with Gasteiger partial charge in [0.25, 0.3) is 16.0 Å². The van der Waals surface area contributed by atoms with E-state index in [1.165, 1.54) is 12.1 Å². The van der Waals surface area contributed by atoms with Crippen LogP contribution in [-0.4, -0.2) is 81.3 Å².